The summed E-state index contributed by atoms with van der Waals surface area (Å²) in [4.78, 5) is 6.35. The highest BCUT2D eigenvalue weighted by molar-refractivity contribution is 5.59. The molecule has 1 aromatic carbocycles. The summed E-state index contributed by atoms with van der Waals surface area (Å²) in [5.41, 5.74) is 3.75. The van der Waals surface area contributed by atoms with E-state index in [0.717, 1.165) is 48.6 Å². The molecular weight excluding hydrogens is 333 g/mol. The molecule has 0 bridgehead atoms. The van der Waals surface area contributed by atoms with Gasteiger partial charge in [0.1, 0.15) is 11.5 Å². The Hall–Kier alpha value is -2.64. The predicted octanol–water partition coefficient (Wildman–Crippen LogP) is 2.80. The van der Waals surface area contributed by atoms with Crippen LogP contribution >= 0.6 is 0 Å². The molecule has 6 nitrogen and oxygen atoms in total. The van der Waals surface area contributed by atoms with Crippen LogP contribution in [0.15, 0.2) is 48.8 Å². The fourth-order valence-corrected chi connectivity index (χ4v) is 3.22. The molecule has 0 saturated carbocycles. The van der Waals surface area contributed by atoms with Crippen LogP contribution in [0, 0.1) is 5.82 Å². The van der Waals surface area contributed by atoms with E-state index in [1.54, 1.807) is 12.4 Å². The summed E-state index contributed by atoms with van der Waals surface area (Å²) < 4.78 is 19.1. The molecular formula is C19H20FN5O. The molecule has 2 aromatic heterocycles. The van der Waals surface area contributed by atoms with Crippen LogP contribution in [0.1, 0.15) is 17.7 Å². The zero-order chi connectivity index (χ0) is 17.8. The fraction of sp³-hybridized carbons (Fsp3) is 0.316. The Bertz CT molecular complexity index is 837. The van der Waals surface area contributed by atoms with Gasteiger partial charge in [-0.1, -0.05) is 17.3 Å². The van der Waals surface area contributed by atoms with Gasteiger partial charge in [-0.3, -0.25) is 15.0 Å². The first kappa shape index (κ1) is 16.8. The molecule has 1 atom stereocenters. The Kier molecular flexibility index (Phi) is 4.99. The molecule has 1 fully saturated rings. The molecule has 3 heterocycles. The molecule has 3 aromatic rings. The second-order valence-corrected chi connectivity index (χ2v) is 6.46. The van der Waals surface area contributed by atoms with Crippen LogP contribution in [-0.2, 0) is 17.9 Å². The Morgan fingerprint density at radius 2 is 1.96 bits per heavy atom. The lowest BCUT2D eigenvalue weighted by Gasteiger charge is -2.16. The number of aromatic nitrogens is 4. The van der Waals surface area contributed by atoms with Crippen LogP contribution in [0.25, 0.3) is 11.3 Å². The number of H-pyrrole nitrogens is 1. The van der Waals surface area contributed by atoms with Gasteiger partial charge in [0.15, 0.2) is 0 Å². The van der Waals surface area contributed by atoms with Crippen molar-refractivity contribution < 1.29 is 9.13 Å². The number of halogens is 1. The SMILES string of the molecule is Fc1ccc(CN2CCC(OCc3[nH]nnc3-c3ccncc3)C2)cc1. The van der Waals surface area contributed by atoms with E-state index in [2.05, 4.69) is 25.3 Å². The van der Waals surface area contributed by atoms with Crippen LogP contribution in [-0.4, -0.2) is 44.5 Å². The number of aromatic amines is 1. The standard InChI is InChI=1S/C19H20FN5O/c20-16-3-1-14(2-4-16)11-25-10-7-17(12-25)26-13-18-19(23-24-22-18)15-5-8-21-9-6-15/h1-6,8-9,17H,7,10-13H2,(H,22,23,24). The van der Waals surface area contributed by atoms with Crippen molar-refractivity contribution in [1.29, 1.82) is 0 Å². The average molecular weight is 353 g/mol. The summed E-state index contributed by atoms with van der Waals surface area (Å²) in [6.07, 6.45) is 4.62. The van der Waals surface area contributed by atoms with Crippen molar-refractivity contribution in [3.8, 4) is 11.3 Å². The normalized spacial score (nSPS) is 17.7. The molecule has 4 rings (SSSR count). The van der Waals surface area contributed by atoms with Crippen LogP contribution in [0.4, 0.5) is 4.39 Å². The molecule has 1 N–H and O–H groups in total. The van der Waals surface area contributed by atoms with Crippen molar-refractivity contribution in [3.63, 3.8) is 0 Å². The third-order valence-electron chi connectivity index (χ3n) is 4.59. The monoisotopic (exact) mass is 353 g/mol. The Morgan fingerprint density at radius 3 is 2.77 bits per heavy atom. The molecule has 0 radical (unpaired) electrons. The van der Waals surface area contributed by atoms with Crippen LogP contribution in [0.5, 0.6) is 0 Å². The van der Waals surface area contributed by atoms with E-state index >= 15 is 0 Å². The van der Waals surface area contributed by atoms with Crippen LogP contribution < -0.4 is 0 Å². The lowest BCUT2D eigenvalue weighted by atomic mass is 10.1. The molecule has 0 aliphatic carbocycles. The highest BCUT2D eigenvalue weighted by Gasteiger charge is 2.23. The van der Waals surface area contributed by atoms with E-state index in [-0.39, 0.29) is 11.9 Å². The van der Waals surface area contributed by atoms with E-state index in [1.165, 1.54) is 12.1 Å². The lowest BCUT2D eigenvalue weighted by molar-refractivity contribution is 0.0445. The summed E-state index contributed by atoms with van der Waals surface area (Å²) in [5.74, 6) is -0.199. The Balaban J connectivity index is 1.31. The molecule has 1 unspecified atom stereocenters. The summed E-state index contributed by atoms with van der Waals surface area (Å²) >= 11 is 0. The third kappa shape index (κ3) is 3.95. The lowest BCUT2D eigenvalue weighted by Crippen LogP contribution is -2.23. The van der Waals surface area contributed by atoms with Crippen molar-refractivity contribution >= 4 is 0 Å². The van der Waals surface area contributed by atoms with E-state index in [1.807, 2.05) is 24.3 Å². The summed E-state index contributed by atoms with van der Waals surface area (Å²) in [5, 5.41) is 11.0. The van der Waals surface area contributed by atoms with Gasteiger partial charge in [-0.2, -0.15) is 0 Å². The Labute approximate surface area is 151 Å². The third-order valence-corrected chi connectivity index (χ3v) is 4.59. The second-order valence-electron chi connectivity index (χ2n) is 6.46. The van der Waals surface area contributed by atoms with Crippen LogP contribution in [0.2, 0.25) is 0 Å². The minimum Gasteiger partial charge on any atom is -0.370 e. The van der Waals surface area contributed by atoms with E-state index in [9.17, 15) is 4.39 Å². The number of hydrogen-bond donors (Lipinski definition) is 1. The van der Waals surface area contributed by atoms with E-state index in [4.69, 9.17) is 4.74 Å². The maximum absolute atomic E-state index is 13.0. The van der Waals surface area contributed by atoms with Crippen molar-refractivity contribution in [3.05, 3.63) is 65.9 Å². The number of rotatable bonds is 6. The summed E-state index contributed by atoms with van der Waals surface area (Å²) in [6, 6.07) is 10.5. The van der Waals surface area contributed by atoms with Crippen molar-refractivity contribution in [2.75, 3.05) is 13.1 Å². The van der Waals surface area contributed by atoms with Gasteiger partial charge in [-0.05, 0) is 36.2 Å². The predicted molar refractivity (Wildman–Crippen MR) is 94.5 cm³/mol. The van der Waals surface area contributed by atoms with Gasteiger partial charge in [-0.25, -0.2) is 4.39 Å². The van der Waals surface area contributed by atoms with Gasteiger partial charge >= 0.3 is 0 Å². The first-order chi connectivity index (χ1) is 12.8. The largest absolute Gasteiger partial charge is 0.370 e. The number of hydrogen-bond acceptors (Lipinski definition) is 5. The molecule has 1 aliphatic heterocycles. The Morgan fingerprint density at radius 1 is 1.15 bits per heavy atom. The first-order valence-electron chi connectivity index (χ1n) is 8.66. The van der Waals surface area contributed by atoms with E-state index < -0.39 is 0 Å². The van der Waals surface area contributed by atoms with Crippen LogP contribution in [0.3, 0.4) is 0 Å². The molecule has 0 spiro atoms. The minimum atomic E-state index is -0.199. The maximum Gasteiger partial charge on any atom is 0.123 e. The van der Waals surface area contributed by atoms with Gasteiger partial charge in [0.2, 0.25) is 0 Å². The van der Waals surface area contributed by atoms with Crippen molar-refractivity contribution in [2.45, 2.75) is 25.7 Å². The first-order valence-corrected chi connectivity index (χ1v) is 8.66. The highest BCUT2D eigenvalue weighted by atomic mass is 19.1. The maximum atomic E-state index is 13.0. The second kappa shape index (κ2) is 7.72. The average Bonchev–Trinajstić information content (AvgIpc) is 3.32. The zero-order valence-corrected chi connectivity index (χ0v) is 14.3. The number of benzene rings is 1. The number of likely N-dealkylation sites (tertiary alicyclic amines) is 1. The van der Waals surface area contributed by atoms with Gasteiger partial charge in [0.05, 0.1) is 18.4 Å². The topological polar surface area (TPSA) is 66.9 Å². The number of nitrogens with one attached hydrogen (secondary N) is 1. The van der Waals surface area contributed by atoms with Gasteiger partial charge in [-0.15, -0.1) is 5.10 Å². The summed E-state index contributed by atoms with van der Waals surface area (Å²) in [6.45, 7) is 3.09. The molecule has 0 amide bonds. The molecule has 26 heavy (non-hydrogen) atoms. The zero-order valence-electron chi connectivity index (χ0n) is 14.3. The van der Waals surface area contributed by atoms with Gasteiger partial charge < -0.3 is 4.74 Å². The molecule has 7 heteroatoms. The highest BCUT2D eigenvalue weighted by Crippen LogP contribution is 2.21. The molecule has 134 valence electrons. The number of ether oxygens (including phenoxy) is 1. The van der Waals surface area contributed by atoms with Gasteiger partial charge in [0, 0.05) is 37.6 Å². The van der Waals surface area contributed by atoms with E-state index in [0.29, 0.717) is 6.61 Å². The quantitative estimate of drug-likeness (QED) is 0.738. The molecule has 1 saturated heterocycles. The fourth-order valence-electron chi connectivity index (χ4n) is 3.22. The van der Waals surface area contributed by atoms with Crippen molar-refractivity contribution in [1.82, 2.24) is 25.3 Å². The van der Waals surface area contributed by atoms with Crippen molar-refractivity contribution in [2.24, 2.45) is 0 Å². The number of nitrogens with zero attached hydrogens (tertiary/aromatic N) is 4. The smallest absolute Gasteiger partial charge is 0.123 e. The number of pyridine rings is 1. The van der Waals surface area contributed by atoms with Gasteiger partial charge in [0.25, 0.3) is 0 Å². The minimum absolute atomic E-state index is 0.170. The molecule has 1 aliphatic rings. The summed E-state index contributed by atoms with van der Waals surface area (Å²) in [7, 11) is 0.